The number of nitrogens with zero attached hydrogens (tertiary/aromatic N) is 3. The summed E-state index contributed by atoms with van der Waals surface area (Å²) in [7, 11) is 0. The van der Waals surface area contributed by atoms with Crippen LogP contribution in [0.25, 0.3) is 76.2 Å². The molecule has 286 valence electrons. The molecule has 0 atom stereocenters. The number of carbonyl (C=O) groups excluding carboxylic acids is 1. The van der Waals surface area contributed by atoms with Crippen LogP contribution in [0.4, 0.5) is 17.1 Å². The Balaban J connectivity index is 1.05. The van der Waals surface area contributed by atoms with Gasteiger partial charge in [-0.25, -0.2) is 0 Å². The molecule has 0 spiro atoms. The summed E-state index contributed by atoms with van der Waals surface area (Å²) >= 11 is 0. The van der Waals surface area contributed by atoms with Gasteiger partial charge in [-0.15, -0.1) is 0 Å². The zero-order valence-corrected chi connectivity index (χ0v) is 32.1. The van der Waals surface area contributed by atoms with Crippen molar-refractivity contribution in [3.63, 3.8) is 0 Å². The summed E-state index contributed by atoms with van der Waals surface area (Å²) < 4.78 is 3.89. The number of para-hydroxylation sites is 5. The second kappa shape index (κ2) is 12.8. The highest BCUT2D eigenvalue weighted by molar-refractivity contribution is 6.15. The molecule has 0 N–H and O–H groups in total. The molecule has 61 heavy (non-hydrogen) atoms. The van der Waals surface area contributed by atoms with Crippen LogP contribution in [0.5, 0.6) is 0 Å². The molecule has 0 amide bonds. The zero-order valence-electron chi connectivity index (χ0n) is 32.1. The molecule has 4 aromatic heterocycles. The fourth-order valence-corrected chi connectivity index (χ4v) is 9.40. The summed E-state index contributed by atoms with van der Waals surface area (Å²) in [4.78, 5) is 72.9. The summed E-state index contributed by atoms with van der Waals surface area (Å²) in [6, 6.07) is 53.5. The van der Waals surface area contributed by atoms with Gasteiger partial charge in [0, 0.05) is 71.3 Å². The maximum Gasteiger partial charge on any atom is 0.197 e. The molecule has 12 aromatic rings. The van der Waals surface area contributed by atoms with Crippen LogP contribution >= 0.6 is 0 Å². The number of fused-ring (bicyclic) bond motifs is 8. The molecule has 0 aliphatic heterocycles. The van der Waals surface area contributed by atoms with E-state index in [1.807, 2.05) is 106 Å². The topological polar surface area (TPSA) is 97.4 Å². The first kappa shape index (κ1) is 34.5. The van der Waals surface area contributed by atoms with Gasteiger partial charge >= 0.3 is 0 Å². The number of ketones is 1. The maximum atomic E-state index is 14.4. The van der Waals surface area contributed by atoms with Gasteiger partial charge in [-0.2, -0.15) is 0 Å². The molecule has 0 unspecified atom stereocenters. The van der Waals surface area contributed by atoms with Crippen molar-refractivity contribution < 1.29 is 4.79 Å². The summed E-state index contributed by atoms with van der Waals surface area (Å²) in [5.74, 6) is -0.361. The molecule has 0 saturated carbocycles. The number of hydrogen-bond acceptors (Lipinski definition) is 6. The molecule has 0 fully saturated rings. The lowest BCUT2D eigenvalue weighted by atomic mass is 9.97. The number of aromatic nitrogens is 2. The van der Waals surface area contributed by atoms with Crippen molar-refractivity contribution in [3.8, 4) is 0 Å². The Morgan fingerprint density at radius 1 is 0.328 bits per heavy atom. The van der Waals surface area contributed by atoms with Gasteiger partial charge in [0.25, 0.3) is 0 Å². The number of hydrogen-bond donors (Lipinski definition) is 0. The molecule has 4 heterocycles. The number of rotatable bonds is 5. The van der Waals surface area contributed by atoms with Crippen LogP contribution in [-0.2, 0) is 0 Å². The van der Waals surface area contributed by atoms with Crippen LogP contribution in [0.15, 0.2) is 195 Å². The van der Waals surface area contributed by atoms with Crippen molar-refractivity contribution in [1.29, 1.82) is 0 Å². The molecule has 8 heteroatoms. The fourth-order valence-electron chi connectivity index (χ4n) is 9.40. The quantitative estimate of drug-likeness (QED) is 0.0979. The third-order valence-corrected chi connectivity index (χ3v) is 12.1. The van der Waals surface area contributed by atoms with Gasteiger partial charge in [-0.1, -0.05) is 60.7 Å². The van der Waals surface area contributed by atoms with Gasteiger partial charge in [0.05, 0.1) is 33.1 Å². The molecule has 8 nitrogen and oxygen atoms in total. The minimum absolute atomic E-state index is 0.144. The van der Waals surface area contributed by atoms with E-state index in [0.717, 1.165) is 17.1 Å². The zero-order chi connectivity index (χ0) is 41.1. The normalized spacial score (nSPS) is 11.9. The lowest BCUT2D eigenvalue weighted by molar-refractivity contribution is 0.103. The van der Waals surface area contributed by atoms with Crippen LogP contribution in [0.2, 0.25) is 0 Å². The Labute approximate surface area is 344 Å². The largest absolute Gasteiger partial charge is 0.310 e. The van der Waals surface area contributed by atoms with E-state index in [4.69, 9.17) is 0 Å². The number of anilines is 3. The van der Waals surface area contributed by atoms with Crippen molar-refractivity contribution in [3.05, 3.63) is 228 Å². The number of pyridine rings is 4. The van der Waals surface area contributed by atoms with E-state index in [2.05, 4.69) is 4.90 Å². The summed E-state index contributed by atoms with van der Waals surface area (Å²) in [5, 5.41) is 3.28. The minimum atomic E-state index is -0.361. The van der Waals surface area contributed by atoms with Crippen LogP contribution in [0, 0.1) is 0 Å². The minimum Gasteiger partial charge on any atom is -0.310 e. The van der Waals surface area contributed by atoms with E-state index >= 15 is 0 Å². The van der Waals surface area contributed by atoms with Crippen LogP contribution in [-0.4, -0.2) is 14.6 Å². The van der Waals surface area contributed by atoms with Crippen LogP contribution < -0.4 is 26.6 Å². The second-order valence-corrected chi connectivity index (χ2v) is 15.4. The van der Waals surface area contributed by atoms with Crippen molar-refractivity contribution in [2.75, 3.05) is 4.90 Å². The van der Waals surface area contributed by atoms with Gasteiger partial charge < -0.3 is 13.7 Å². The third kappa shape index (κ3) is 4.84. The van der Waals surface area contributed by atoms with Gasteiger partial charge in [0.2, 0.25) is 0 Å². The summed E-state index contributed by atoms with van der Waals surface area (Å²) in [6.45, 7) is 0. The standard InChI is InChI=1S/C53H29N3O5/c57-49(30-21-24-44-40(27-30)51(59)37-17-9-16-36-47(37)55(44)43-20-8-7-15-35(43)50(36)58)31-22-25-45-41(28-31)52(60)38-18-10-19-39-48(38)56(45)46-26-23-34(29-42(46)53(39)61)54(32-11-3-1-4-12-32)33-13-5-2-6-14-33/h1-29H. The van der Waals surface area contributed by atoms with E-state index in [-0.39, 0.29) is 38.6 Å². The molecule has 8 aromatic carbocycles. The first-order valence-corrected chi connectivity index (χ1v) is 19.9. The highest BCUT2D eigenvalue weighted by atomic mass is 16.1. The van der Waals surface area contributed by atoms with Crippen molar-refractivity contribution in [1.82, 2.24) is 8.80 Å². The predicted octanol–water partition coefficient (Wildman–Crippen LogP) is 10.1. The first-order valence-electron chi connectivity index (χ1n) is 19.9. The van der Waals surface area contributed by atoms with Gasteiger partial charge in [0.15, 0.2) is 27.5 Å². The van der Waals surface area contributed by atoms with E-state index in [0.29, 0.717) is 76.2 Å². The van der Waals surface area contributed by atoms with Crippen LogP contribution in [0.3, 0.4) is 0 Å². The number of carbonyl (C=O) groups is 1. The van der Waals surface area contributed by atoms with Crippen molar-refractivity contribution in [2.45, 2.75) is 0 Å². The fraction of sp³-hybridized carbons (Fsp3) is 0. The summed E-state index contributed by atoms with van der Waals surface area (Å²) in [6.07, 6.45) is 0. The average molecular weight is 788 g/mol. The highest BCUT2D eigenvalue weighted by Crippen LogP contribution is 2.37. The second-order valence-electron chi connectivity index (χ2n) is 15.4. The van der Waals surface area contributed by atoms with Crippen LogP contribution in [0.1, 0.15) is 15.9 Å². The Hall–Kier alpha value is -8.49. The van der Waals surface area contributed by atoms with E-state index in [1.54, 1.807) is 78.9 Å². The molecule has 0 aliphatic rings. The smallest absolute Gasteiger partial charge is 0.197 e. The predicted molar refractivity (Wildman–Crippen MR) is 245 cm³/mol. The van der Waals surface area contributed by atoms with Crippen molar-refractivity contribution in [2.24, 2.45) is 0 Å². The lowest BCUT2D eigenvalue weighted by Gasteiger charge is -2.26. The van der Waals surface area contributed by atoms with E-state index in [1.165, 1.54) is 0 Å². The molecule has 0 bridgehead atoms. The average Bonchev–Trinajstić information content (AvgIpc) is 3.31. The van der Waals surface area contributed by atoms with Gasteiger partial charge in [-0.3, -0.25) is 24.0 Å². The van der Waals surface area contributed by atoms with E-state index in [9.17, 15) is 24.0 Å². The molecule has 0 saturated heterocycles. The summed E-state index contributed by atoms with van der Waals surface area (Å²) in [5.41, 5.74) is 5.79. The Kier molecular flexibility index (Phi) is 7.22. The Morgan fingerprint density at radius 2 is 0.705 bits per heavy atom. The Morgan fingerprint density at radius 3 is 1.20 bits per heavy atom. The van der Waals surface area contributed by atoms with Gasteiger partial charge in [-0.05, 0) is 115 Å². The molecule has 0 aliphatic carbocycles. The monoisotopic (exact) mass is 787 g/mol. The molecule has 12 rings (SSSR count). The third-order valence-electron chi connectivity index (χ3n) is 12.1. The lowest BCUT2D eigenvalue weighted by Crippen LogP contribution is -2.16. The van der Waals surface area contributed by atoms with E-state index < -0.39 is 0 Å². The highest BCUT2D eigenvalue weighted by Gasteiger charge is 2.22. The first-order chi connectivity index (χ1) is 29.9. The SMILES string of the molecule is O=C(c1ccc2c(c1)c(=O)c1cccc3c(=O)c4ccccc4n2c31)c1ccc2c(c1)c(=O)c1cccc3c(=O)c4cc(N(c5ccccc5)c5ccccc5)ccc4n2c13. The molecular formula is C53H29N3O5. The maximum absolute atomic E-state index is 14.4. The molecule has 0 radical (unpaired) electrons. The van der Waals surface area contributed by atoms with Gasteiger partial charge in [0.1, 0.15) is 0 Å². The number of benzene rings is 8. The molecular weight excluding hydrogens is 759 g/mol. The van der Waals surface area contributed by atoms with Crippen molar-refractivity contribution >= 4 is 99.0 Å². The Bertz CT molecular complexity index is 4070.